The number of anilines is 4. The molecule has 0 atom stereocenters. The number of pyridine rings is 2. The first-order chi connectivity index (χ1) is 58.2. The minimum Gasteiger partial charge on any atom is -0.388 e. The smallest absolute Gasteiger partial charge is 0.325 e. The topological polar surface area (TPSA) is 272 Å². The fourth-order valence-corrected chi connectivity index (χ4v) is 21.2. The van der Waals surface area contributed by atoms with E-state index in [1.54, 1.807) is 65.4 Å². The summed E-state index contributed by atoms with van der Waals surface area (Å²) in [6, 6.07) is 52.5. The third kappa shape index (κ3) is 16.7. The number of rotatable bonds is 16. The van der Waals surface area contributed by atoms with Crippen LogP contribution in [-0.4, -0.2) is 215 Å². The Labute approximate surface area is 712 Å². The van der Waals surface area contributed by atoms with E-state index >= 15 is 0 Å². The van der Waals surface area contributed by atoms with E-state index in [-0.39, 0.29) is 68.4 Å². The van der Waals surface area contributed by atoms with E-state index in [9.17, 15) is 24.3 Å². The number of carbonyl (C=O) groups is 4. The molecular formula is C95H117N21O5. The second kappa shape index (κ2) is 34.7. The predicted molar refractivity (Wildman–Crippen MR) is 469 cm³/mol. The molecule has 8 amide bonds. The predicted octanol–water partition coefficient (Wildman–Crippen LogP) is 14.1. The van der Waals surface area contributed by atoms with Crippen LogP contribution in [0.15, 0.2) is 208 Å². The number of aromatic nitrogens is 8. The molecule has 4 aromatic carbocycles. The largest absolute Gasteiger partial charge is 0.388 e. The van der Waals surface area contributed by atoms with E-state index in [4.69, 9.17) is 5.26 Å². The Morgan fingerprint density at radius 2 is 0.785 bits per heavy atom. The van der Waals surface area contributed by atoms with Gasteiger partial charge in [0.2, 0.25) is 0 Å². The van der Waals surface area contributed by atoms with Crippen molar-refractivity contribution in [3.8, 4) is 6.07 Å². The van der Waals surface area contributed by atoms with Crippen molar-refractivity contribution in [2.75, 3.05) is 109 Å². The van der Waals surface area contributed by atoms with Crippen LogP contribution in [0.25, 0.3) is 0 Å². The zero-order valence-corrected chi connectivity index (χ0v) is 71.9. The van der Waals surface area contributed by atoms with Gasteiger partial charge in [-0.1, -0.05) is 127 Å². The highest BCUT2D eigenvalue weighted by Gasteiger charge is 2.59. The molecule has 4 saturated heterocycles. The fraction of sp³-hybridized carbons (Fsp3) is 0.463. The number of aryl methyl sites for hydroxylation is 2. The third-order valence-electron chi connectivity index (χ3n) is 29.0. The quantitative estimate of drug-likeness (QED) is 0.0811. The van der Waals surface area contributed by atoms with Gasteiger partial charge in [0.25, 0.3) is 0 Å². The fourth-order valence-electron chi connectivity index (χ4n) is 21.2. The molecule has 632 valence electrons. The number of aliphatic hydroxyl groups is 1. The van der Waals surface area contributed by atoms with E-state index in [1.165, 1.54) is 34.9 Å². The van der Waals surface area contributed by atoms with E-state index in [2.05, 4.69) is 259 Å². The van der Waals surface area contributed by atoms with Crippen LogP contribution in [0.2, 0.25) is 0 Å². The van der Waals surface area contributed by atoms with Gasteiger partial charge in [-0.05, 0) is 238 Å². The first kappa shape index (κ1) is 84.8. The summed E-state index contributed by atoms with van der Waals surface area (Å²) in [7, 11) is 17.3. The monoisotopic (exact) mass is 1630 g/mol. The molecule has 121 heavy (non-hydrogen) atoms. The van der Waals surface area contributed by atoms with Crippen molar-refractivity contribution in [2.24, 2.45) is 0 Å². The standard InChI is InChI=1S/C27H32N6O.C25H33N5O2.C23H27N5O.C20H25N5O/c1-21-29-17-24(18-30-21)32-20-26(33(25(32)34)19-23-11-7-8-16-28-23)12-14-27(15-13-26,31(2)3)22-9-5-4-6-10-22;1-28(2)25(20-7-4-3-5-8-20)13-11-23(12-14-25)17-29(21-15-26-19-27-16-21)22(31)30(23)18-24(32)9-6-10-24;1-17-13-19(14-24)25-15-20(17)28-16-22(26-21(28)29)9-11-23(12-10-22,27(2)3)18-7-5-4-6-8-18;1-24(2)20(16-6-4-3-5-7-16)10-8-19(9-11-20)14-25(18(26)23-19)17-12-21-15-22-13-17/h4-11,16-18H,12-15,19-20H2,1-3H3;3-5,7-8,15-16,19,32H,6,9-14,17-18H2,1-2H3;4-8,13,15H,9-12,16H2,1-3H3,(H,26,29);3-7,12-13,15H,8-11,14H2,1-2H3,(H,23,26). The molecule has 5 saturated carbocycles. The number of benzene rings is 4. The van der Waals surface area contributed by atoms with Gasteiger partial charge in [0.1, 0.15) is 30.2 Å². The van der Waals surface area contributed by atoms with Crippen LogP contribution in [0.5, 0.6) is 0 Å². The highest BCUT2D eigenvalue weighted by atomic mass is 16.3. The lowest BCUT2D eigenvalue weighted by Gasteiger charge is -2.52. The molecule has 9 heterocycles. The van der Waals surface area contributed by atoms with Crippen molar-refractivity contribution in [1.29, 1.82) is 5.26 Å². The second-order valence-electron chi connectivity index (χ2n) is 36.2. The van der Waals surface area contributed by atoms with E-state index < -0.39 is 5.60 Å². The lowest BCUT2D eigenvalue weighted by atomic mass is 9.67. The molecule has 9 fully saturated rings. The Hall–Kier alpha value is -11.2. The summed E-state index contributed by atoms with van der Waals surface area (Å²) in [4.78, 5) is 107. The first-order valence-electron chi connectivity index (χ1n) is 42.8. The minimum absolute atomic E-state index is 0.00340. The molecule has 9 aromatic rings. The van der Waals surface area contributed by atoms with Crippen molar-refractivity contribution < 1.29 is 24.3 Å². The van der Waals surface area contributed by atoms with Crippen LogP contribution in [0.4, 0.5) is 41.9 Å². The maximum Gasteiger partial charge on any atom is 0.325 e. The number of β-amino-alcohol motifs (C(OH)–C–C–N with tert-alkyl or cyclic N) is 1. The minimum atomic E-state index is -0.749. The van der Waals surface area contributed by atoms with Gasteiger partial charge >= 0.3 is 24.1 Å². The van der Waals surface area contributed by atoms with Crippen molar-refractivity contribution in [3.05, 3.63) is 253 Å². The molecule has 5 aromatic heterocycles. The SMILES string of the molecule is CN(C)C1(c2ccccc2)CCC2(CC1)CN(c1cncnc1)C(=O)N2.CN(C)C1(c2ccccc2)CCC2(CC1)CN(c1cncnc1)C(=O)N2CC1(O)CCC1.Cc1cc(C#N)ncc1N1CC2(CCC(c3ccccc3)(N(C)C)CC2)NC1=O.Cc1ncc(N2CC3(CCC(c4ccccc4)(N(C)C)CC3)N(Cc3ccccn3)C2=O)cn1. The highest BCUT2D eigenvalue weighted by molar-refractivity contribution is 5.97. The summed E-state index contributed by atoms with van der Waals surface area (Å²) in [5.74, 6) is 0.701. The molecule has 26 heteroatoms. The number of hydrogen-bond acceptors (Lipinski definition) is 18. The molecule has 0 radical (unpaired) electrons. The highest BCUT2D eigenvalue weighted by Crippen LogP contribution is 2.54. The average molecular weight is 1630 g/mol. The lowest BCUT2D eigenvalue weighted by Crippen LogP contribution is -2.59. The van der Waals surface area contributed by atoms with E-state index in [0.29, 0.717) is 50.8 Å². The number of amides is 8. The van der Waals surface area contributed by atoms with Crippen molar-refractivity contribution in [3.63, 3.8) is 0 Å². The van der Waals surface area contributed by atoms with Gasteiger partial charge in [-0.25, -0.2) is 54.1 Å². The maximum absolute atomic E-state index is 13.8. The van der Waals surface area contributed by atoms with Gasteiger partial charge in [0, 0.05) is 28.4 Å². The Balaban J connectivity index is 0.000000126. The number of carbonyl (C=O) groups excluding carboxylic acids is 4. The molecule has 4 aliphatic heterocycles. The summed E-state index contributed by atoms with van der Waals surface area (Å²) in [6.07, 6.45) is 34.6. The van der Waals surface area contributed by atoms with Crippen molar-refractivity contribution in [2.45, 2.75) is 192 Å². The molecular weight excluding hydrogens is 1520 g/mol. The summed E-state index contributed by atoms with van der Waals surface area (Å²) in [5.41, 5.74) is 8.86. The molecule has 26 nitrogen and oxygen atoms in total. The molecule has 18 rings (SSSR count). The number of nitrogens with one attached hydrogen (secondary N) is 2. The normalized spacial score (nSPS) is 27.3. The molecule has 4 spiro atoms. The van der Waals surface area contributed by atoms with Gasteiger partial charge in [-0.15, -0.1) is 0 Å². The third-order valence-corrected chi connectivity index (χ3v) is 29.0. The van der Waals surface area contributed by atoms with Crippen LogP contribution in [0.3, 0.4) is 0 Å². The van der Waals surface area contributed by atoms with Gasteiger partial charge in [-0.2, -0.15) is 5.26 Å². The summed E-state index contributed by atoms with van der Waals surface area (Å²) >= 11 is 0. The van der Waals surface area contributed by atoms with Crippen LogP contribution < -0.4 is 30.2 Å². The Morgan fingerprint density at radius 3 is 1.17 bits per heavy atom. The molecule has 0 bridgehead atoms. The average Bonchev–Trinajstić information content (AvgIpc) is 1.61. The Kier molecular flexibility index (Phi) is 24.3. The lowest BCUT2D eigenvalue weighted by molar-refractivity contribution is -0.0725. The van der Waals surface area contributed by atoms with E-state index in [1.807, 2.05) is 46.7 Å². The second-order valence-corrected chi connectivity index (χ2v) is 36.2. The van der Waals surface area contributed by atoms with Crippen LogP contribution in [0.1, 0.15) is 167 Å². The van der Waals surface area contributed by atoms with Crippen LogP contribution >= 0.6 is 0 Å². The summed E-state index contributed by atoms with van der Waals surface area (Å²) < 4.78 is 0. The number of urea groups is 4. The van der Waals surface area contributed by atoms with Crippen molar-refractivity contribution in [1.82, 2.24) is 79.9 Å². The maximum atomic E-state index is 13.8. The summed E-state index contributed by atoms with van der Waals surface area (Å²) in [5, 5.41) is 26.6. The number of nitrogens with zero attached hydrogens (tertiary/aromatic N) is 19. The van der Waals surface area contributed by atoms with Crippen LogP contribution in [0, 0.1) is 25.2 Å². The van der Waals surface area contributed by atoms with Crippen molar-refractivity contribution >= 4 is 46.9 Å². The van der Waals surface area contributed by atoms with E-state index in [0.717, 1.165) is 156 Å². The molecule has 5 aliphatic carbocycles. The molecule has 3 N–H and O–H groups in total. The Bertz CT molecular complexity index is 5070. The summed E-state index contributed by atoms with van der Waals surface area (Å²) in [6.45, 7) is 7.27. The van der Waals surface area contributed by atoms with Gasteiger partial charge < -0.3 is 25.5 Å². The van der Waals surface area contributed by atoms with Gasteiger partial charge in [-0.3, -0.25) is 44.2 Å². The zero-order valence-electron chi connectivity index (χ0n) is 71.9. The zero-order chi connectivity index (χ0) is 85.0. The molecule has 0 unspecified atom stereocenters. The molecule has 9 aliphatic rings. The first-order valence-corrected chi connectivity index (χ1v) is 42.8. The van der Waals surface area contributed by atoms with Gasteiger partial charge in [0.05, 0.1) is 139 Å². The Morgan fingerprint density at radius 1 is 0.413 bits per heavy atom. The number of hydrogen-bond donors (Lipinski definition) is 3. The van der Waals surface area contributed by atoms with Crippen LogP contribution in [-0.2, 0) is 28.7 Å². The van der Waals surface area contributed by atoms with Gasteiger partial charge in [0.15, 0.2) is 0 Å². The number of nitriles is 1.